The molecule has 0 bridgehead atoms. The molecule has 32 heavy (non-hydrogen) atoms. The largest absolute Gasteiger partial charge is 0.573 e. The van der Waals surface area contributed by atoms with E-state index in [0.29, 0.717) is 39.1 Å². The molecule has 2 aromatic rings. The summed E-state index contributed by atoms with van der Waals surface area (Å²) in [6.07, 6.45) is -4.01. The lowest BCUT2D eigenvalue weighted by molar-refractivity contribution is -0.274. The molecule has 0 spiro atoms. The van der Waals surface area contributed by atoms with Gasteiger partial charge in [0.2, 0.25) is 0 Å². The molecule has 1 saturated heterocycles. The van der Waals surface area contributed by atoms with E-state index in [1.54, 1.807) is 13.2 Å². The van der Waals surface area contributed by atoms with E-state index in [0.717, 1.165) is 12.1 Å². The quantitative estimate of drug-likeness (QED) is 0.432. The monoisotopic (exact) mass is 457 g/mol. The van der Waals surface area contributed by atoms with Gasteiger partial charge in [-0.15, -0.1) is 13.2 Å². The van der Waals surface area contributed by atoms with Crippen LogP contribution < -0.4 is 10.1 Å². The highest BCUT2D eigenvalue weighted by Crippen LogP contribution is 2.41. The van der Waals surface area contributed by atoms with Crippen LogP contribution >= 0.6 is 0 Å². The molecule has 0 amide bonds. The number of unbranched alkanes of at least 4 members (excludes halogenated alkanes) is 1. The highest BCUT2D eigenvalue weighted by molar-refractivity contribution is 5.70. The lowest BCUT2D eigenvalue weighted by Gasteiger charge is -2.40. The fourth-order valence-electron chi connectivity index (χ4n) is 4.01. The van der Waals surface area contributed by atoms with Crippen molar-refractivity contribution < 1.29 is 36.9 Å². The van der Waals surface area contributed by atoms with Gasteiger partial charge in [-0.1, -0.05) is 24.3 Å². The van der Waals surface area contributed by atoms with Crippen molar-refractivity contribution in [3.8, 4) is 16.9 Å². The van der Waals surface area contributed by atoms with Crippen LogP contribution in [-0.4, -0.2) is 51.0 Å². The molecule has 0 aromatic heterocycles. The van der Waals surface area contributed by atoms with Crippen molar-refractivity contribution in [3.05, 3.63) is 53.8 Å². The Labute approximate surface area is 184 Å². The number of ether oxygens (including phenoxy) is 3. The van der Waals surface area contributed by atoms with Crippen molar-refractivity contribution in [3.63, 3.8) is 0 Å². The fourth-order valence-corrected chi connectivity index (χ4v) is 4.01. The summed E-state index contributed by atoms with van der Waals surface area (Å²) in [6, 6.07) is 9.36. The number of rotatable bonds is 9. The number of benzene rings is 2. The topological polar surface area (TPSA) is 60.0 Å². The Morgan fingerprint density at radius 3 is 2.62 bits per heavy atom. The maximum atomic E-state index is 15.1. The maximum Gasteiger partial charge on any atom is 0.573 e. The van der Waals surface area contributed by atoms with Crippen molar-refractivity contribution in [2.45, 2.75) is 37.3 Å². The summed E-state index contributed by atoms with van der Waals surface area (Å²) in [4.78, 5) is 0. The van der Waals surface area contributed by atoms with Gasteiger partial charge in [0, 0.05) is 32.4 Å². The summed E-state index contributed by atoms with van der Waals surface area (Å²) in [6.45, 7) is 1.87. The molecule has 0 unspecified atom stereocenters. The number of halogens is 4. The highest BCUT2D eigenvalue weighted by atomic mass is 19.4. The molecule has 0 saturated carbocycles. The van der Waals surface area contributed by atoms with Gasteiger partial charge < -0.3 is 24.6 Å². The Morgan fingerprint density at radius 2 is 1.94 bits per heavy atom. The van der Waals surface area contributed by atoms with Gasteiger partial charge in [-0.3, -0.25) is 0 Å². The maximum absolute atomic E-state index is 15.1. The standard InChI is InChI=1S/C23H27F4NO4/c1-30-12-3-2-10-22(29,20-15-28-11-13-31-20)18-8-5-9-19(24)21(18)16-6-4-7-17(14-16)32-23(25,26)27/h4-9,14,20,28-29H,2-3,10-13,15H2,1H3/t20-,22-/m1/s1. The molecule has 5 nitrogen and oxygen atoms in total. The number of hydrogen-bond donors (Lipinski definition) is 2. The molecule has 1 aliphatic rings. The second-order valence-electron chi connectivity index (χ2n) is 7.68. The van der Waals surface area contributed by atoms with Gasteiger partial charge in [-0.25, -0.2) is 4.39 Å². The summed E-state index contributed by atoms with van der Waals surface area (Å²) in [5.74, 6) is -1.13. The molecule has 9 heteroatoms. The normalized spacial score (nSPS) is 18.9. The van der Waals surface area contributed by atoms with Gasteiger partial charge in [-0.05, 0) is 48.6 Å². The van der Waals surface area contributed by atoms with Crippen molar-refractivity contribution in [1.82, 2.24) is 5.32 Å². The number of alkyl halides is 3. The van der Waals surface area contributed by atoms with E-state index in [9.17, 15) is 18.3 Å². The Bertz CT molecular complexity index is 887. The van der Waals surface area contributed by atoms with Crippen LogP contribution in [0.15, 0.2) is 42.5 Å². The van der Waals surface area contributed by atoms with Crippen LogP contribution in [0, 0.1) is 5.82 Å². The van der Waals surface area contributed by atoms with E-state index in [1.165, 1.54) is 24.3 Å². The minimum absolute atomic E-state index is 0.0172. The van der Waals surface area contributed by atoms with E-state index < -0.39 is 29.6 Å². The second kappa shape index (κ2) is 10.6. The summed E-state index contributed by atoms with van der Waals surface area (Å²) in [5.41, 5.74) is -1.13. The summed E-state index contributed by atoms with van der Waals surface area (Å²) < 4.78 is 68.1. The smallest absolute Gasteiger partial charge is 0.406 e. The molecule has 3 rings (SSSR count). The highest BCUT2D eigenvalue weighted by Gasteiger charge is 2.42. The van der Waals surface area contributed by atoms with Crippen LogP contribution in [0.2, 0.25) is 0 Å². The number of morpholine rings is 1. The number of hydrogen-bond acceptors (Lipinski definition) is 5. The van der Waals surface area contributed by atoms with Gasteiger partial charge in [0.05, 0.1) is 6.61 Å². The molecule has 2 aromatic carbocycles. The third-order valence-electron chi connectivity index (χ3n) is 5.45. The molecule has 2 atom stereocenters. The molecular formula is C23H27F4NO4. The van der Waals surface area contributed by atoms with Crippen LogP contribution in [0.4, 0.5) is 17.6 Å². The van der Waals surface area contributed by atoms with Crippen molar-refractivity contribution in [2.24, 2.45) is 0 Å². The minimum Gasteiger partial charge on any atom is -0.406 e. The van der Waals surface area contributed by atoms with Gasteiger partial charge in [0.15, 0.2) is 0 Å². The van der Waals surface area contributed by atoms with Gasteiger partial charge in [-0.2, -0.15) is 0 Å². The van der Waals surface area contributed by atoms with Crippen LogP contribution in [0.5, 0.6) is 5.75 Å². The van der Waals surface area contributed by atoms with Gasteiger partial charge in [0.25, 0.3) is 0 Å². The first-order valence-electron chi connectivity index (χ1n) is 10.4. The van der Waals surface area contributed by atoms with Crippen LogP contribution in [0.1, 0.15) is 24.8 Å². The van der Waals surface area contributed by atoms with Crippen LogP contribution in [0.25, 0.3) is 11.1 Å². The average molecular weight is 457 g/mol. The first-order chi connectivity index (χ1) is 15.2. The first kappa shape index (κ1) is 24.4. The zero-order valence-corrected chi connectivity index (χ0v) is 17.8. The average Bonchev–Trinajstić information content (AvgIpc) is 2.76. The van der Waals surface area contributed by atoms with Gasteiger partial charge >= 0.3 is 6.36 Å². The zero-order chi connectivity index (χ0) is 23.2. The van der Waals surface area contributed by atoms with E-state index in [-0.39, 0.29) is 23.1 Å². The molecule has 2 N–H and O–H groups in total. The summed E-state index contributed by atoms with van der Waals surface area (Å²) in [5, 5.41) is 15.0. The van der Waals surface area contributed by atoms with E-state index >= 15 is 4.39 Å². The van der Waals surface area contributed by atoms with E-state index in [1.807, 2.05) is 0 Å². The van der Waals surface area contributed by atoms with Gasteiger partial charge in [0.1, 0.15) is 23.3 Å². The number of nitrogens with one attached hydrogen (secondary N) is 1. The lowest BCUT2D eigenvalue weighted by Crippen LogP contribution is -2.51. The Hall–Kier alpha value is -2.20. The summed E-state index contributed by atoms with van der Waals surface area (Å²) >= 11 is 0. The third kappa shape index (κ3) is 5.98. The molecule has 1 aliphatic heterocycles. The lowest BCUT2D eigenvalue weighted by atomic mass is 9.79. The second-order valence-corrected chi connectivity index (χ2v) is 7.68. The molecular weight excluding hydrogens is 430 g/mol. The predicted molar refractivity (Wildman–Crippen MR) is 111 cm³/mol. The summed E-state index contributed by atoms with van der Waals surface area (Å²) in [7, 11) is 1.58. The zero-order valence-electron chi connectivity index (χ0n) is 17.8. The van der Waals surface area contributed by atoms with Crippen molar-refractivity contribution >= 4 is 0 Å². The van der Waals surface area contributed by atoms with Crippen LogP contribution in [-0.2, 0) is 15.1 Å². The van der Waals surface area contributed by atoms with E-state index in [4.69, 9.17) is 9.47 Å². The fraction of sp³-hybridized carbons (Fsp3) is 0.478. The third-order valence-corrected chi connectivity index (χ3v) is 5.45. The number of aliphatic hydroxyl groups is 1. The molecule has 176 valence electrons. The Morgan fingerprint density at radius 1 is 1.16 bits per heavy atom. The van der Waals surface area contributed by atoms with Crippen molar-refractivity contribution in [2.75, 3.05) is 33.4 Å². The van der Waals surface area contributed by atoms with Crippen molar-refractivity contribution in [1.29, 1.82) is 0 Å². The molecule has 0 radical (unpaired) electrons. The first-order valence-corrected chi connectivity index (χ1v) is 10.4. The molecule has 0 aliphatic carbocycles. The number of methoxy groups -OCH3 is 1. The molecule has 1 heterocycles. The van der Waals surface area contributed by atoms with E-state index in [2.05, 4.69) is 10.1 Å². The Kier molecular flexibility index (Phi) is 8.10. The predicted octanol–water partition coefficient (Wildman–Crippen LogP) is 4.38. The van der Waals surface area contributed by atoms with Crippen LogP contribution in [0.3, 0.4) is 0 Å². The SMILES string of the molecule is COCCCC[C@@](O)(c1cccc(F)c1-c1cccc(OC(F)(F)F)c1)[C@H]1CNCCO1. The minimum atomic E-state index is -4.87. The molecule has 1 fully saturated rings. The Balaban J connectivity index is 2.05.